The van der Waals surface area contributed by atoms with Gasteiger partial charge < -0.3 is 14.8 Å². The Morgan fingerprint density at radius 1 is 1.31 bits per heavy atom. The number of hydrogen-bond donors (Lipinski definition) is 1. The molecule has 0 fully saturated rings. The van der Waals surface area contributed by atoms with Gasteiger partial charge in [-0.3, -0.25) is 0 Å². The maximum absolute atomic E-state index is 5.17. The average molecular weight is 225 g/mol. The van der Waals surface area contributed by atoms with E-state index in [0.717, 1.165) is 30.3 Å². The number of aryl methyl sites for hydroxylation is 2. The van der Waals surface area contributed by atoms with Crippen LogP contribution in [0.25, 0.3) is 0 Å². The zero-order valence-electron chi connectivity index (χ0n) is 10.1. The molecule has 1 aromatic rings. The van der Waals surface area contributed by atoms with Crippen LogP contribution in [-0.2, 0) is 9.47 Å². The van der Waals surface area contributed by atoms with Crippen LogP contribution in [0.1, 0.15) is 17.9 Å². The molecule has 1 heterocycles. The van der Waals surface area contributed by atoms with E-state index in [2.05, 4.69) is 15.3 Å². The predicted octanol–water partition coefficient (Wildman–Crippen LogP) is 1.52. The van der Waals surface area contributed by atoms with Crippen molar-refractivity contribution < 1.29 is 9.47 Å². The third kappa shape index (κ3) is 5.04. The Labute approximate surface area is 96.2 Å². The van der Waals surface area contributed by atoms with Gasteiger partial charge in [0.1, 0.15) is 18.4 Å². The second-order valence-corrected chi connectivity index (χ2v) is 3.54. The quantitative estimate of drug-likeness (QED) is 0.563. The van der Waals surface area contributed by atoms with Gasteiger partial charge in [-0.05, 0) is 20.3 Å². The van der Waals surface area contributed by atoms with Gasteiger partial charge in [-0.25, -0.2) is 9.97 Å². The lowest BCUT2D eigenvalue weighted by atomic mass is 10.4. The van der Waals surface area contributed by atoms with E-state index in [0.29, 0.717) is 13.4 Å². The van der Waals surface area contributed by atoms with Crippen LogP contribution < -0.4 is 5.32 Å². The van der Waals surface area contributed by atoms with E-state index in [1.54, 1.807) is 7.11 Å². The van der Waals surface area contributed by atoms with E-state index in [9.17, 15) is 0 Å². The van der Waals surface area contributed by atoms with Crippen LogP contribution in [0.3, 0.4) is 0 Å². The summed E-state index contributed by atoms with van der Waals surface area (Å²) in [6.07, 6.45) is 0.922. The molecule has 0 unspecified atom stereocenters. The highest BCUT2D eigenvalue weighted by Gasteiger charge is 1.97. The van der Waals surface area contributed by atoms with Gasteiger partial charge in [0.15, 0.2) is 0 Å². The van der Waals surface area contributed by atoms with E-state index >= 15 is 0 Å². The second kappa shape index (κ2) is 7.14. The van der Waals surface area contributed by atoms with Crippen molar-refractivity contribution in [2.75, 3.05) is 32.4 Å². The first kappa shape index (κ1) is 12.9. The minimum Gasteiger partial charge on any atom is -0.370 e. The summed E-state index contributed by atoms with van der Waals surface area (Å²) in [7, 11) is 1.62. The first-order chi connectivity index (χ1) is 7.72. The molecule has 0 aliphatic rings. The fourth-order valence-electron chi connectivity index (χ4n) is 1.34. The van der Waals surface area contributed by atoms with E-state index in [1.165, 1.54) is 0 Å². The highest BCUT2D eigenvalue weighted by molar-refractivity contribution is 5.35. The molecule has 16 heavy (non-hydrogen) atoms. The molecule has 0 aromatic carbocycles. The molecule has 0 radical (unpaired) electrons. The fourth-order valence-corrected chi connectivity index (χ4v) is 1.34. The van der Waals surface area contributed by atoms with E-state index < -0.39 is 0 Å². The summed E-state index contributed by atoms with van der Waals surface area (Å²) in [5.74, 6) is 1.66. The van der Waals surface area contributed by atoms with E-state index in [4.69, 9.17) is 9.47 Å². The Bertz CT molecular complexity index is 298. The van der Waals surface area contributed by atoms with Gasteiger partial charge in [0.2, 0.25) is 0 Å². The summed E-state index contributed by atoms with van der Waals surface area (Å²) in [5, 5.41) is 3.23. The molecule has 5 nitrogen and oxygen atoms in total. The molecule has 0 atom stereocenters. The van der Waals surface area contributed by atoms with Crippen molar-refractivity contribution in [2.45, 2.75) is 20.3 Å². The number of anilines is 1. The van der Waals surface area contributed by atoms with Gasteiger partial charge in [-0.1, -0.05) is 0 Å². The maximum Gasteiger partial charge on any atom is 0.146 e. The Balaban J connectivity index is 2.21. The number of hydrogen-bond acceptors (Lipinski definition) is 5. The molecular formula is C11H19N3O2. The lowest BCUT2D eigenvalue weighted by molar-refractivity contribution is -0.0303. The summed E-state index contributed by atoms with van der Waals surface area (Å²) in [6, 6.07) is 1.93. The van der Waals surface area contributed by atoms with Crippen molar-refractivity contribution in [3.8, 4) is 0 Å². The number of nitrogens with zero attached hydrogens (tertiary/aromatic N) is 2. The fraction of sp³-hybridized carbons (Fsp3) is 0.636. The molecule has 90 valence electrons. The van der Waals surface area contributed by atoms with Crippen molar-refractivity contribution in [1.82, 2.24) is 9.97 Å². The Kier molecular flexibility index (Phi) is 5.74. The number of aromatic nitrogens is 2. The molecule has 1 N–H and O–H groups in total. The van der Waals surface area contributed by atoms with Crippen molar-refractivity contribution >= 4 is 5.82 Å². The summed E-state index contributed by atoms with van der Waals surface area (Å²) in [6.45, 7) is 5.72. The zero-order chi connectivity index (χ0) is 11.8. The molecule has 0 spiro atoms. The number of methoxy groups -OCH3 is 1. The smallest absolute Gasteiger partial charge is 0.146 e. The largest absolute Gasteiger partial charge is 0.370 e. The summed E-state index contributed by atoms with van der Waals surface area (Å²) in [5.41, 5.74) is 0.977. The van der Waals surface area contributed by atoms with Gasteiger partial charge in [0, 0.05) is 25.4 Å². The van der Waals surface area contributed by atoms with Gasteiger partial charge in [0.05, 0.1) is 6.61 Å². The maximum atomic E-state index is 5.17. The van der Waals surface area contributed by atoms with Crippen LogP contribution in [0.15, 0.2) is 6.07 Å². The van der Waals surface area contributed by atoms with Crippen LogP contribution >= 0.6 is 0 Å². The molecule has 0 aliphatic heterocycles. The molecule has 0 bridgehead atoms. The second-order valence-electron chi connectivity index (χ2n) is 3.54. The molecule has 0 aliphatic carbocycles. The average Bonchev–Trinajstić information content (AvgIpc) is 2.22. The van der Waals surface area contributed by atoms with Crippen molar-refractivity contribution in [3.05, 3.63) is 17.6 Å². The van der Waals surface area contributed by atoms with Gasteiger partial charge in [-0.2, -0.15) is 0 Å². The first-order valence-electron chi connectivity index (χ1n) is 5.35. The highest BCUT2D eigenvalue weighted by Crippen LogP contribution is 2.05. The molecule has 0 amide bonds. The zero-order valence-corrected chi connectivity index (χ0v) is 10.1. The molecule has 1 rings (SSSR count). The lowest BCUT2D eigenvalue weighted by Gasteiger charge is -2.07. The minimum atomic E-state index is 0.353. The van der Waals surface area contributed by atoms with Gasteiger partial charge >= 0.3 is 0 Å². The first-order valence-corrected chi connectivity index (χ1v) is 5.35. The summed E-state index contributed by atoms with van der Waals surface area (Å²) < 4.78 is 9.95. The lowest BCUT2D eigenvalue weighted by Crippen LogP contribution is -2.09. The number of ether oxygens (including phenoxy) is 2. The standard InChI is InChI=1S/C11H19N3O2/c1-9-7-11(14-10(2)13-9)12-5-4-6-16-8-15-3/h7H,4-6,8H2,1-3H3,(H,12,13,14). The molecule has 0 saturated carbocycles. The Morgan fingerprint density at radius 3 is 2.81 bits per heavy atom. The van der Waals surface area contributed by atoms with Crippen LogP contribution in [-0.4, -0.2) is 37.0 Å². The van der Waals surface area contributed by atoms with Crippen LogP contribution in [0.2, 0.25) is 0 Å². The van der Waals surface area contributed by atoms with Crippen molar-refractivity contribution in [3.63, 3.8) is 0 Å². The predicted molar refractivity (Wildman–Crippen MR) is 62.4 cm³/mol. The van der Waals surface area contributed by atoms with Crippen molar-refractivity contribution in [1.29, 1.82) is 0 Å². The normalized spacial score (nSPS) is 10.4. The van der Waals surface area contributed by atoms with Gasteiger partial charge in [0.25, 0.3) is 0 Å². The minimum absolute atomic E-state index is 0.353. The van der Waals surface area contributed by atoms with E-state index in [1.807, 2.05) is 19.9 Å². The molecule has 5 heteroatoms. The van der Waals surface area contributed by atoms with Crippen LogP contribution in [0.5, 0.6) is 0 Å². The Hall–Kier alpha value is -1.20. The molecular weight excluding hydrogens is 206 g/mol. The van der Waals surface area contributed by atoms with Crippen molar-refractivity contribution in [2.24, 2.45) is 0 Å². The van der Waals surface area contributed by atoms with E-state index in [-0.39, 0.29) is 0 Å². The molecule has 0 saturated heterocycles. The number of nitrogens with one attached hydrogen (secondary N) is 1. The Morgan fingerprint density at radius 2 is 2.12 bits per heavy atom. The van der Waals surface area contributed by atoms with Crippen LogP contribution in [0.4, 0.5) is 5.82 Å². The third-order valence-corrected chi connectivity index (χ3v) is 1.94. The number of rotatable bonds is 7. The summed E-state index contributed by atoms with van der Waals surface area (Å²) in [4.78, 5) is 8.49. The van der Waals surface area contributed by atoms with Crippen LogP contribution in [0, 0.1) is 13.8 Å². The summed E-state index contributed by atoms with van der Waals surface area (Å²) >= 11 is 0. The SMILES string of the molecule is COCOCCCNc1cc(C)nc(C)n1. The van der Waals surface area contributed by atoms with Gasteiger partial charge in [-0.15, -0.1) is 0 Å². The highest BCUT2D eigenvalue weighted by atomic mass is 16.7. The topological polar surface area (TPSA) is 56.3 Å². The monoisotopic (exact) mass is 225 g/mol. The third-order valence-electron chi connectivity index (χ3n) is 1.94. The molecule has 1 aromatic heterocycles.